The Morgan fingerprint density at radius 2 is 1.21 bits per heavy atom. The van der Waals surface area contributed by atoms with Gasteiger partial charge in [0.1, 0.15) is 19.0 Å². The molecule has 4 rings (SSSR count). The molecule has 2 N–H and O–H groups in total. The van der Waals surface area contributed by atoms with E-state index in [1.165, 1.54) is 0 Å². The normalized spacial score (nSPS) is 11.6. The molecular formula is C29H29NO3. The van der Waals surface area contributed by atoms with Crippen LogP contribution in [-0.2, 0) is 13.2 Å². The number of nitrogens with two attached hydrogens (primary N) is 1. The molecule has 0 saturated heterocycles. The molecule has 0 aliphatic carbocycles. The molecule has 0 bridgehead atoms. The largest absolute Gasteiger partial charge is 0.493 e. The third-order valence-corrected chi connectivity index (χ3v) is 5.59. The monoisotopic (exact) mass is 439 g/mol. The van der Waals surface area contributed by atoms with Gasteiger partial charge in [-0.15, -0.1) is 0 Å². The molecule has 0 spiro atoms. The van der Waals surface area contributed by atoms with Crippen LogP contribution in [0.1, 0.15) is 28.2 Å². The lowest BCUT2D eigenvalue weighted by Crippen LogP contribution is -2.14. The molecule has 0 amide bonds. The predicted molar refractivity (Wildman–Crippen MR) is 132 cm³/mol. The molecule has 4 aromatic carbocycles. The molecule has 0 radical (unpaired) electrons. The fraction of sp³-hybridized carbons (Fsp3) is 0.172. The Bertz CT molecular complexity index is 1130. The first-order valence-corrected chi connectivity index (χ1v) is 11.1. The van der Waals surface area contributed by atoms with Crippen LogP contribution in [0.25, 0.3) is 0 Å². The van der Waals surface area contributed by atoms with E-state index < -0.39 is 0 Å². The first-order chi connectivity index (χ1) is 16.3. The highest BCUT2D eigenvalue weighted by atomic mass is 16.5. The second-order valence-electron chi connectivity index (χ2n) is 7.82. The van der Waals surface area contributed by atoms with Gasteiger partial charge < -0.3 is 19.9 Å². The van der Waals surface area contributed by atoms with Crippen molar-refractivity contribution in [1.82, 2.24) is 0 Å². The molecule has 4 aromatic rings. The standard InChI is InChI=1S/C29H29NO3/c1-31-29-18-25(14-17-28(29)33-21-23-10-6-3-7-11-23)27(19-30)24-12-15-26(16-13-24)32-20-22-8-4-2-5-9-22/h2-18,27H,19-21,30H2,1H3. The number of benzene rings is 4. The van der Waals surface area contributed by atoms with Crippen molar-refractivity contribution in [2.24, 2.45) is 5.73 Å². The zero-order valence-corrected chi connectivity index (χ0v) is 18.8. The Labute approximate surface area is 195 Å². The average Bonchev–Trinajstić information content (AvgIpc) is 2.89. The molecule has 0 aliphatic heterocycles. The van der Waals surface area contributed by atoms with E-state index in [4.69, 9.17) is 19.9 Å². The third-order valence-electron chi connectivity index (χ3n) is 5.59. The molecule has 1 atom stereocenters. The van der Waals surface area contributed by atoms with Crippen LogP contribution in [0.4, 0.5) is 0 Å². The summed E-state index contributed by atoms with van der Waals surface area (Å²) in [5, 5.41) is 0. The Morgan fingerprint density at radius 3 is 1.79 bits per heavy atom. The summed E-state index contributed by atoms with van der Waals surface area (Å²) >= 11 is 0. The topological polar surface area (TPSA) is 53.7 Å². The van der Waals surface area contributed by atoms with Gasteiger partial charge in [-0.3, -0.25) is 0 Å². The minimum atomic E-state index is 0.0465. The van der Waals surface area contributed by atoms with Gasteiger partial charge in [0.05, 0.1) is 7.11 Å². The fourth-order valence-corrected chi connectivity index (χ4v) is 3.76. The van der Waals surface area contributed by atoms with Crippen LogP contribution in [0, 0.1) is 0 Å². The van der Waals surface area contributed by atoms with Crippen LogP contribution >= 0.6 is 0 Å². The van der Waals surface area contributed by atoms with Crippen molar-refractivity contribution in [3.05, 3.63) is 125 Å². The number of ether oxygens (including phenoxy) is 3. The number of methoxy groups -OCH3 is 1. The Hall–Kier alpha value is -3.76. The van der Waals surface area contributed by atoms with Gasteiger partial charge in [-0.05, 0) is 46.5 Å². The molecular weight excluding hydrogens is 410 g/mol. The summed E-state index contributed by atoms with van der Waals surface area (Å²) in [7, 11) is 1.66. The quantitative estimate of drug-likeness (QED) is 0.332. The SMILES string of the molecule is COc1cc(C(CN)c2ccc(OCc3ccccc3)cc2)ccc1OCc1ccccc1. The molecule has 4 heteroatoms. The van der Waals surface area contributed by atoms with E-state index in [9.17, 15) is 0 Å². The third kappa shape index (κ3) is 5.93. The molecule has 0 fully saturated rings. The molecule has 168 valence electrons. The van der Waals surface area contributed by atoms with Gasteiger partial charge >= 0.3 is 0 Å². The minimum Gasteiger partial charge on any atom is -0.493 e. The lowest BCUT2D eigenvalue weighted by Gasteiger charge is -2.19. The van der Waals surface area contributed by atoms with Crippen molar-refractivity contribution in [3.63, 3.8) is 0 Å². The number of hydrogen-bond donors (Lipinski definition) is 1. The minimum absolute atomic E-state index is 0.0465. The summed E-state index contributed by atoms with van der Waals surface area (Å²) in [6.07, 6.45) is 0. The van der Waals surface area contributed by atoms with Crippen molar-refractivity contribution in [3.8, 4) is 17.2 Å². The van der Waals surface area contributed by atoms with Crippen LogP contribution in [0.2, 0.25) is 0 Å². The summed E-state index contributed by atoms with van der Waals surface area (Å²) in [5.74, 6) is 2.29. The van der Waals surface area contributed by atoms with Crippen LogP contribution in [0.5, 0.6) is 17.2 Å². The molecule has 33 heavy (non-hydrogen) atoms. The van der Waals surface area contributed by atoms with E-state index in [1.54, 1.807) is 7.11 Å². The maximum absolute atomic E-state index is 6.17. The van der Waals surface area contributed by atoms with Crippen molar-refractivity contribution >= 4 is 0 Å². The van der Waals surface area contributed by atoms with Crippen molar-refractivity contribution in [2.75, 3.05) is 13.7 Å². The lowest BCUT2D eigenvalue weighted by atomic mass is 9.91. The summed E-state index contributed by atoms with van der Waals surface area (Å²) in [4.78, 5) is 0. The second-order valence-corrected chi connectivity index (χ2v) is 7.82. The highest BCUT2D eigenvalue weighted by Gasteiger charge is 2.16. The van der Waals surface area contributed by atoms with Gasteiger partial charge in [0.25, 0.3) is 0 Å². The van der Waals surface area contributed by atoms with Crippen LogP contribution in [0.15, 0.2) is 103 Å². The van der Waals surface area contributed by atoms with E-state index >= 15 is 0 Å². The first kappa shape index (κ1) is 22.4. The molecule has 1 unspecified atom stereocenters. The van der Waals surface area contributed by atoms with Gasteiger partial charge in [0.15, 0.2) is 11.5 Å². The second kappa shape index (κ2) is 11.2. The van der Waals surface area contributed by atoms with Gasteiger partial charge in [-0.1, -0.05) is 78.9 Å². The van der Waals surface area contributed by atoms with E-state index in [0.717, 1.165) is 28.0 Å². The Kier molecular flexibility index (Phi) is 7.62. The van der Waals surface area contributed by atoms with E-state index in [-0.39, 0.29) is 5.92 Å². The van der Waals surface area contributed by atoms with Gasteiger partial charge in [-0.25, -0.2) is 0 Å². The predicted octanol–water partition coefficient (Wildman–Crippen LogP) is 5.94. The average molecular weight is 440 g/mol. The van der Waals surface area contributed by atoms with Gasteiger partial charge in [0.2, 0.25) is 0 Å². The summed E-state index contributed by atoms with van der Waals surface area (Å²) in [6, 6.07) is 34.4. The maximum Gasteiger partial charge on any atom is 0.161 e. The molecule has 4 nitrogen and oxygen atoms in total. The van der Waals surface area contributed by atoms with Gasteiger partial charge in [-0.2, -0.15) is 0 Å². The first-order valence-electron chi connectivity index (χ1n) is 11.1. The molecule has 0 saturated carbocycles. The van der Waals surface area contributed by atoms with E-state index in [0.29, 0.717) is 31.3 Å². The van der Waals surface area contributed by atoms with E-state index in [1.807, 2.05) is 72.8 Å². The summed E-state index contributed by atoms with van der Waals surface area (Å²) in [6.45, 7) is 1.51. The summed E-state index contributed by atoms with van der Waals surface area (Å²) < 4.78 is 17.5. The highest BCUT2D eigenvalue weighted by molar-refractivity contribution is 5.47. The maximum atomic E-state index is 6.17. The van der Waals surface area contributed by atoms with Crippen molar-refractivity contribution in [2.45, 2.75) is 19.1 Å². The van der Waals surface area contributed by atoms with Crippen LogP contribution in [0.3, 0.4) is 0 Å². The van der Waals surface area contributed by atoms with E-state index in [2.05, 4.69) is 30.3 Å². The Balaban J connectivity index is 1.45. The molecule has 0 heterocycles. The zero-order valence-electron chi connectivity index (χ0n) is 18.8. The van der Waals surface area contributed by atoms with Gasteiger partial charge in [0, 0.05) is 12.5 Å². The fourth-order valence-electron chi connectivity index (χ4n) is 3.76. The lowest BCUT2D eigenvalue weighted by molar-refractivity contribution is 0.284. The van der Waals surface area contributed by atoms with Crippen molar-refractivity contribution < 1.29 is 14.2 Å². The number of hydrogen-bond acceptors (Lipinski definition) is 4. The van der Waals surface area contributed by atoms with Crippen molar-refractivity contribution in [1.29, 1.82) is 0 Å². The Morgan fingerprint density at radius 1 is 0.636 bits per heavy atom. The smallest absolute Gasteiger partial charge is 0.161 e. The number of rotatable bonds is 10. The zero-order chi connectivity index (χ0) is 22.9. The summed E-state index contributed by atoms with van der Waals surface area (Å²) in [5.41, 5.74) is 10.6. The van der Waals surface area contributed by atoms with Crippen LogP contribution in [-0.4, -0.2) is 13.7 Å². The van der Waals surface area contributed by atoms with Crippen LogP contribution < -0.4 is 19.9 Å². The molecule has 0 aromatic heterocycles. The highest BCUT2D eigenvalue weighted by Crippen LogP contribution is 2.34. The molecule has 0 aliphatic rings.